The van der Waals surface area contributed by atoms with Crippen LogP contribution in [0.1, 0.15) is 20.8 Å². The maximum atomic E-state index is 5.68. The van der Waals surface area contributed by atoms with Crippen LogP contribution in [0.15, 0.2) is 24.3 Å². The molecule has 0 spiro atoms. The SMILES string of the molecule is CC(C)(C)C1OB(c2cccc(N)c2)O1. The van der Waals surface area contributed by atoms with Gasteiger partial charge in [0.15, 0.2) is 0 Å². The van der Waals surface area contributed by atoms with E-state index in [1.165, 1.54) is 0 Å². The first kappa shape index (κ1) is 10.5. The van der Waals surface area contributed by atoms with Crippen molar-refractivity contribution in [3.05, 3.63) is 24.3 Å². The molecule has 0 atom stereocenters. The van der Waals surface area contributed by atoms with Gasteiger partial charge in [0.05, 0.1) is 0 Å². The molecule has 1 aliphatic rings. The fraction of sp³-hybridized carbons (Fsp3) is 0.455. The molecule has 3 nitrogen and oxygen atoms in total. The summed E-state index contributed by atoms with van der Waals surface area (Å²) in [6.45, 7) is 6.27. The summed E-state index contributed by atoms with van der Waals surface area (Å²) in [5.41, 5.74) is 7.43. The Kier molecular flexibility index (Phi) is 2.48. The smallest absolute Gasteiger partial charge is 0.399 e. The molecule has 0 aromatic heterocycles. The second-order valence-corrected chi connectivity index (χ2v) is 4.97. The summed E-state index contributed by atoms with van der Waals surface area (Å²) in [7, 11) is -0.252. The van der Waals surface area contributed by atoms with E-state index in [-0.39, 0.29) is 18.8 Å². The van der Waals surface area contributed by atoms with Gasteiger partial charge in [-0.15, -0.1) is 0 Å². The summed E-state index contributed by atoms with van der Waals surface area (Å²) < 4.78 is 11.3. The van der Waals surface area contributed by atoms with Crippen molar-refractivity contribution in [2.75, 3.05) is 5.73 Å². The highest BCUT2D eigenvalue weighted by Gasteiger charge is 2.44. The molecule has 2 N–H and O–H groups in total. The van der Waals surface area contributed by atoms with Crippen LogP contribution in [0, 0.1) is 5.41 Å². The monoisotopic (exact) mass is 205 g/mol. The zero-order chi connectivity index (χ0) is 11.1. The number of nitrogen functional groups attached to an aromatic ring is 1. The van der Waals surface area contributed by atoms with E-state index in [1.807, 2.05) is 24.3 Å². The number of rotatable bonds is 1. The van der Waals surface area contributed by atoms with Crippen LogP contribution in [0.25, 0.3) is 0 Å². The molecule has 0 amide bonds. The van der Waals surface area contributed by atoms with Crippen molar-refractivity contribution >= 4 is 18.3 Å². The maximum Gasteiger partial charge on any atom is 0.497 e. The molecule has 2 rings (SSSR count). The Morgan fingerprint density at radius 3 is 2.47 bits per heavy atom. The van der Waals surface area contributed by atoms with E-state index in [0.29, 0.717) is 0 Å². The third-order valence-corrected chi connectivity index (χ3v) is 2.38. The molecule has 4 heteroatoms. The van der Waals surface area contributed by atoms with Crippen molar-refractivity contribution in [3.63, 3.8) is 0 Å². The number of anilines is 1. The van der Waals surface area contributed by atoms with Crippen LogP contribution < -0.4 is 11.2 Å². The molecule has 1 heterocycles. The van der Waals surface area contributed by atoms with Gasteiger partial charge in [-0.3, -0.25) is 0 Å². The van der Waals surface area contributed by atoms with E-state index < -0.39 is 0 Å². The maximum absolute atomic E-state index is 5.68. The molecule has 0 unspecified atom stereocenters. The van der Waals surface area contributed by atoms with Crippen LogP contribution in [-0.2, 0) is 9.31 Å². The highest BCUT2D eigenvalue weighted by atomic mass is 16.8. The van der Waals surface area contributed by atoms with Crippen molar-refractivity contribution in [1.82, 2.24) is 0 Å². The summed E-state index contributed by atoms with van der Waals surface area (Å²) >= 11 is 0. The lowest BCUT2D eigenvalue weighted by Gasteiger charge is -2.42. The molecule has 1 aromatic carbocycles. The average Bonchev–Trinajstić information content (AvgIpc) is 1.97. The van der Waals surface area contributed by atoms with Gasteiger partial charge < -0.3 is 15.0 Å². The Morgan fingerprint density at radius 1 is 1.27 bits per heavy atom. The second-order valence-electron chi connectivity index (χ2n) is 4.97. The quantitative estimate of drug-likeness (QED) is 0.556. The highest BCUT2D eigenvalue weighted by Crippen LogP contribution is 2.30. The van der Waals surface area contributed by atoms with Gasteiger partial charge in [0, 0.05) is 11.1 Å². The Balaban J connectivity index is 2.00. The molecule has 0 bridgehead atoms. The van der Waals surface area contributed by atoms with Gasteiger partial charge >= 0.3 is 7.12 Å². The first-order valence-electron chi connectivity index (χ1n) is 5.13. The zero-order valence-corrected chi connectivity index (χ0v) is 9.36. The van der Waals surface area contributed by atoms with Gasteiger partial charge in [-0.2, -0.15) is 0 Å². The summed E-state index contributed by atoms with van der Waals surface area (Å²) in [4.78, 5) is 0. The summed E-state index contributed by atoms with van der Waals surface area (Å²) in [6, 6.07) is 7.59. The third-order valence-electron chi connectivity index (χ3n) is 2.38. The molecule has 1 aliphatic heterocycles. The normalized spacial score (nSPS) is 17.7. The van der Waals surface area contributed by atoms with Crippen LogP contribution in [0.3, 0.4) is 0 Å². The molecule has 0 radical (unpaired) electrons. The Hall–Kier alpha value is -0.995. The van der Waals surface area contributed by atoms with Crippen LogP contribution in [-0.4, -0.2) is 13.4 Å². The van der Waals surface area contributed by atoms with E-state index in [4.69, 9.17) is 15.0 Å². The van der Waals surface area contributed by atoms with Gasteiger partial charge in [-0.25, -0.2) is 0 Å². The highest BCUT2D eigenvalue weighted by molar-refractivity contribution is 6.63. The van der Waals surface area contributed by atoms with Gasteiger partial charge in [-0.1, -0.05) is 32.9 Å². The lowest BCUT2D eigenvalue weighted by atomic mass is 9.74. The number of hydrogen-bond donors (Lipinski definition) is 1. The van der Waals surface area contributed by atoms with Crippen molar-refractivity contribution in [2.24, 2.45) is 5.41 Å². The third kappa shape index (κ3) is 2.16. The Labute approximate surface area is 90.7 Å². The van der Waals surface area contributed by atoms with E-state index >= 15 is 0 Å². The second kappa shape index (κ2) is 3.54. The average molecular weight is 205 g/mol. The van der Waals surface area contributed by atoms with E-state index in [9.17, 15) is 0 Å². The predicted molar refractivity (Wildman–Crippen MR) is 61.7 cm³/mol. The first-order chi connectivity index (χ1) is 6.97. The lowest BCUT2D eigenvalue weighted by Crippen LogP contribution is -2.57. The van der Waals surface area contributed by atoms with Crippen molar-refractivity contribution in [3.8, 4) is 0 Å². The summed E-state index contributed by atoms with van der Waals surface area (Å²) in [5.74, 6) is 0. The van der Waals surface area contributed by atoms with Gasteiger partial charge in [0.2, 0.25) is 0 Å². The van der Waals surface area contributed by atoms with E-state index in [1.54, 1.807) is 0 Å². The predicted octanol–water partition coefficient (Wildman–Crippen LogP) is 1.38. The Bertz CT molecular complexity index is 356. The summed E-state index contributed by atoms with van der Waals surface area (Å²) in [5, 5.41) is 0. The number of nitrogens with two attached hydrogens (primary N) is 1. The minimum Gasteiger partial charge on any atom is -0.399 e. The van der Waals surface area contributed by atoms with Crippen molar-refractivity contribution in [1.29, 1.82) is 0 Å². The molecular formula is C11H16BNO2. The molecule has 15 heavy (non-hydrogen) atoms. The minimum atomic E-state index is -0.252. The fourth-order valence-corrected chi connectivity index (χ4v) is 1.51. The topological polar surface area (TPSA) is 44.5 Å². The van der Waals surface area contributed by atoms with E-state index in [0.717, 1.165) is 11.2 Å². The summed E-state index contributed by atoms with van der Waals surface area (Å²) in [6.07, 6.45) is -0.121. The molecule has 1 aromatic rings. The zero-order valence-electron chi connectivity index (χ0n) is 9.36. The van der Waals surface area contributed by atoms with Gasteiger partial charge in [0.25, 0.3) is 0 Å². The largest absolute Gasteiger partial charge is 0.497 e. The van der Waals surface area contributed by atoms with Gasteiger partial charge in [0.1, 0.15) is 6.29 Å². The molecule has 0 saturated carbocycles. The van der Waals surface area contributed by atoms with Crippen LogP contribution in [0.2, 0.25) is 0 Å². The van der Waals surface area contributed by atoms with Crippen molar-refractivity contribution in [2.45, 2.75) is 27.1 Å². The molecule has 80 valence electrons. The minimum absolute atomic E-state index is 0.0246. The van der Waals surface area contributed by atoms with E-state index in [2.05, 4.69) is 20.8 Å². The standard InChI is InChI=1S/C11H16BNO2/c1-11(2,3)10-14-12(15-10)8-5-4-6-9(13)7-8/h4-7,10H,13H2,1-3H3. The number of benzene rings is 1. The molecule has 0 aliphatic carbocycles. The molecular weight excluding hydrogens is 189 g/mol. The lowest BCUT2D eigenvalue weighted by molar-refractivity contribution is -0.167. The van der Waals surface area contributed by atoms with Crippen LogP contribution in [0.4, 0.5) is 5.69 Å². The van der Waals surface area contributed by atoms with Gasteiger partial charge in [-0.05, 0) is 17.6 Å². The first-order valence-corrected chi connectivity index (χ1v) is 5.13. The fourth-order valence-electron chi connectivity index (χ4n) is 1.51. The van der Waals surface area contributed by atoms with Crippen LogP contribution in [0.5, 0.6) is 0 Å². The van der Waals surface area contributed by atoms with Crippen molar-refractivity contribution < 1.29 is 9.31 Å². The number of hydrogen-bond acceptors (Lipinski definition) is 3. The molecule has 1 saturated heterocycles. The Morgan fingerprint density at radius 2 is 1.93 bits per heavy atom. The van der Waals surface area contributed by atoms with Crippen LogP contribution >= 0.6 is 0 Å². The molecule has 1 fully saturated rings.